The zero-order chi connectivity index (χ0) is 10.7. The topological polar surface area (TPSA) is 20.3 Å². The minimum Gasteiger partial charge on any atom is -0.335 e. The van der Waals surface area contributed by atoms with Crippen molar-refractivity contribution >= 4 is 21.8 Å². The first kappa shape index (κ1) is 10.4. The summed E-state index contributed by atoms with van der Waals surface area (Å²) in [6.45, 7) is 1.54. The summed E-state index contributed by atoms with van der Waals surface area (Å²) in [5.41, 5.74) is 1.25. The van der Waals surface area contributed by atoms with Crippen LogP contribution in [-0.2, 0) is 11.2 Å². The van der Waals surface area contributed by atoms with Crippen LogP contribution < -0.4 is 0 Å². The summed E-state index contributed by atoms with van der Waals surface area (Å²) in [6.07, 6.45) is 4.44. The molecule has 1 aromatic rings. The van der Waals surface area contributed by atoms with Gasteiger partial charge in [0.15, 0.2) is 0 Å². The molecule has 1 aliphatic rings. The number of amides is 1. The summed E-state index contributed by atoms with van der Waals surface area (Å²) in [5.74, 6) is 0.127. The van der Waals surface area contributed by atoms with Gasteiger partial charge in [-0.05, 0) is 18.1 Å². The van der Waals surface area contributed by atoms with Crippen molar-refractivity contribution in [3.63, 3.8) is 0 Å². The lowest BCUT2D eigenvalue weighted by atomic mass is 10.1. The van der Waals surface area contributed by atoms with Gasteiger partial charge in [0.05, 0.1) is 0 Å². The number of carbonyl (C=O) groups is 1. The fourth-order valence-electron chi connectivity index (χ4n) is 1.63. The summed E-state index contributed by atoms with van der Waals surface area (Å²) in [4.78, 5) is 13.2. The molecular formula is C12H12BrNO. The van der Waals surface area contributed by atoms with Crippen molar-refractivity contribution in [1.29, 1.82) is 0 Å². The predicted octanol–water partition coefficient (Wildman–Crippen LogP) is 2.39. The number of hydrogen-bond donors (Lipinski definition) is 0. The Kier molecular flexibility index (Phi) is 3.21. The van der Waals surface area contributed by atoms with E-state index in [0.29, 0.717) is 0 Å². The molecular weight excluding hydrogens is 254 g/mol. The van der Waals surface area contributed by atoms with Gasteiger partial charge in [0.1, 0.15) is 0 Å². The average Bonchev–Trinajstić information content (AvgIpc) is 2.63. The molecule has 0 bridgehead atoms. The van der Waals surface area contributed by atoms with Crippen molar-refractivity contribution in [3.05, 3.63) is 46.5 Å². The summed E-state index contributed by atoms with van der Waals surface area (Å²) >= 11 is 3.50. The van der Waals surface area contributed by atoms with E-state index in [2.05, 4.69) is 22.0 Å². The lowest BCUT2D eigenvalue weighted by Gasteiger charge is -2.15. The molecule has 15 heavy (non-hydrogen) atoms. The van der Waals surface area contributed by atoms with Crippen molar-refractivity contribution in [2.24, 2.45) is 0 Å². The first-order valence-electron chi connectivity index (χ1n) is 4.96. The Balaban J connectivity index is 1.94. The molecule has 78 valence electrons. The fourth-order valence-corrected chi connectivity index (χ4v) is 2.12. The number of carbonyl (C=O) groups excluding carboxylic acids is 1. The van der Waals surface area contributed by atoms with Crippen molar-refractivity contribution < 1.29 is 4.79 Å². The van der Waals surface area contributed by atoms with Gasteiger partial charge in [0, 0.05) is 23.6 Å². The van der Waals surface area contributed by atoms with E-state index in [9.17, 15) is 4.79 Å². The second-order valence-corrected chi connectivity index (χ2v) is 4.38. The average molecular weight is 266 g/mol. The SMILES string of the molecule is O=C1C=CCN1CCc1ccccc1Br. The van der Waals surface area contributed by atoms with E-state index in [-0.39, 0.29) is 5.91 Å². The van der Waals surface area contributed by atoms with Crippen LogP contribution in [0.1, 0.15) is 5.56 Å². The monoisotopic (exact) mass is 265 g/mol. The third kappa shape index (κ3) is 2.48. The number of halogens is 1. The summed E-state index contributed by atoms with van der Waals surface area (Å²) in [6, 6.07) is 8.12. The normalized spacial score (nSPS) is 15.0. The highest BCUT2D eigenvalue weighted by Crippen LogP contribution is 2.17. The van der Waals surface area contributed by atoms with Gasteiger partial charge in [-0.25, -0.2) is 0 Å². The molecule has 3 heteroatoms. The van der Waals surface area contributed by atoms with Gasteiger partial charge in [-0.1, -0.05) is 40.2 Å². The Hall–Kier alpha value is -1.09. The molecule has 2 nitrogen and oxygen atoms in total. The maximum Gasteiger partial charge on any atom is 0.246 e. The van der Waals surface area contributed by atoms with Gasteiger partial charge >= 0.3 is 0 Å². The zero-order valence-electron chi connectivity index (χ0n) is 8.32. The van der Waals surface area contributed by atoms with Crippen LogP contribution in [0.4, 0.5) is 0 Å². The smallest absolute Gasteiger partial charge is 0.246 e. The molecule has 0 saturated carbocycles. The molecule has 0 spiro atoms. The second kappa shape index (κ2) is 4.62. The van der Waals surface area contributed by atoms with Crippen molar-refractivity contribution in [2.45, 2.75) is 6.42 Å². The van der Waals surface area contributed by atoms with E-state index in [1.165, 1.54) is 5.56 Å². The molecule has 0 fully saturated rings. The highest BCUT2D eigenvalue weighted by Gasteiger charge is 2.14. The molecule has 0 N–H and O–H groups in total. The first-order valence-corrected chi connectivity index (χ1v) is 5.75. The van der Waals surface area contributed by atoms with Gasteiger partial charge in [0.25, 0.3) is 0 Å². The maximum atomic E-state index is 11.3. The van der Waals surface area contributed by atoms with Gasteiger partial charge in [-0.2, -0.15) is 0 Å². The lowest BCUT2D eigenvalue weighted by Crippen LogP contribution is -2.27. The van der Waals surface area contributed by atoms with Gasteiger partial charge in [0.2, 0.25) is 5.91 Å². The van der Waals surface area contributed by atoms with E-state index in [4.69, 9.17) is 0 Å². The van der Waals surface area contributed by atoms with Gasteiger partial charge < -0.3 is 4.90 Å². The van der Waals surface area contributed by atoms with Crippen LogP contribution in [0.3, 0.4) is 0 Å². The molecule has 0 saturated heterocycles. The van der Waals surface area contributed by atoms with Crippen molar-refractivity contribution in [3.8, 4) is 0 Å². The number of benzene rings is 1. The van der Waals surface area contributed by atoms with Crippen LogP contribution in [0.25, 0.3) is 0 Å². The zero-order valence-corrected chi connectivity index (χ0v) is 9.90. The minimum absolute atomic E-state index is 0.127. The fraction of sp³-hybridized carbons (Fsp3) is 0.250. The Morgan fingerprint density at radius 1 is 1.33 bits per heavy atom. The Morgan fingerprint density at radius 3 is 2.80 bits per heavy atom. The second-order valence-electron chi connectivity index (χ2n) is 3.53. The largest absolute Gasteiger partial charge is 0.335 e. The maximum absolute atomic E-state index is 11.3. The Labute approximate surface area is 97.7 Å². The van der Waals surface area contributed by atoms with Crippen LogP contribution in [-0.4, -0.2) is 23.9 Å². The highest BCUT2D eigenvalue weighted by molar-refractivity contribution is 9.10. The molecule has 0 radical (unpaired) electrons. The van der Waals surface area contributed by atoms with Crippen LogP contribution in [0.5, 0.6) is 0 Å². The predicted molar refractivity (Wildman–Crippen MR) is 63.6 cm³/mol. The molecule has 1 aromatic carbocycles. The lowest BCUT2D eigenvalue weighted by molar-refractivity contribution is -0.124. The van der Waals surface area contributed by atoms with Crippen LogP contribution >= 0.6 is 15.9 Å². The van der Waals surface area contributed by atoms with Crippen molar-refractivity contribution in [1.82, 2.24) is 4.90 Å². The van der Waals surface area contributed by atoms with Crippen LogP contribution in [0.2, 0.25) is 0 Å². The number of nitrogens with zero attached hydrogens (tertiary/aromatic N) is 1. The summed E-state index contributed by atoms with van der Waals surface area (Å²) < 4.78 is 1.12. The van der Waals surface area contributed by atoms with E-state index in [1.54, 1.807) is 6.08 Å². The molecule has 1 amide bonds. The summed E-state index contributed by atoms with van der Waals surface area (Å²) in [7, 11) is 0. The Morgan fingerprint density at radius 2 is 2.13 bits per heavy atom. The molecule has 0 aromatic heterocycles. The first-order chi connectivity index (χ1) is 7.27. The van der Waals surface area contributed by atoms with E-state index < -0.39 is 0 Å². The standard InChI is InChI=1S/C12H12BrNO/c13-11-5-2-1-4-10(11)7-9-14-8-3-6-12(14)15/h1-6H,7-9H2. The van der Waals surface area contributed by atoms with Crippen molar-refractivity contribution in [2.75, 3.05) is 13.1 Å². The van der Waals surface area contributed by atoms with E-state index in [0.717, 1.165) is 24.0 Å². The molecule has 1 aliphatic heterocycles. The molecule has 2 rings (SSSR count). The van der Waals surface area contributed by atoms with Gasteiger partial charge in [-0.3, -0.25) is 4.79 Å². The Bertz CT molecular complexity index is 400. The third-order valence-corrected chi connectivity index (χ3v) is 3.28. The number of hydrogen-bond acceptors (Lipinski definition) is 1. The third-order valence-electron chi connectivity index (χ3n) is 2.51. The molecule has 1 heterocycles. The highest BCUT2D eigenvalue weighted by atomic mass is 79.9. The van der Waals surface area contributed by atoms with E-state index >= 15 is 0 Å². The molecule has 0 unspecified atom stereocenters. The van der Waals surface area contributed by atoms with Crippen LogP contribution in [0, 0.1) is 0 Å². The number of rotatable bonds is 3. The van der Waals surface area contributed by atoms with Crippen LogP contribution in [0.15, 0.2) is 40.9 Å². The molecule has 0 atom stereocenters. The summed E-state index contributed by atoms with van der Waals surface area (Å²) in [5, 5.41) is 0. The van der Waals surface area contributed by atoms with E-state index in [1.807, 2.05) is 29.2 Å². The quantitative estimate of drug-likeness (QED) is 0.822. The molecule has 0 aliphatic carbocycles. The van der Waals surface area contributed by atoms with Gasteiger partial charge in [-0.15, -0.1) is 0 Å². The minimum atomic E-state index is 0.127.